The maximum absolute atomic E-state index is 12.9. The number of ether oxygens (including phenoxy) is 3. The molecule has 0 saturated carbocycles. The quantitative estimate of drug-likeness (QED) is 0.0261. The van der Waals surface area contributed by atoms with Gasteiger partial charge in [0.2, 0.25) is 0 Å². The summed E-state index contributed by atoms with van der Waals surface area (Å²) in [6.45, 7) is 6.28. The number of allylic oxidation sites excluding steroid dienone is 28. The van der Waals surface area contributed by atoms with Gasteiger partial charge in [-0.25, -0.2) is 0 Å². The van der Waals surface area contributed by atoms with Gasteiger partial charge in [0.25, 0.3) is 0 Å². The Morgan fingerprint density at radius 3 is 0.870 bits per heavy atom. The number of hydrogen-bond donors (Lipinski definition) is 0. The van der Waals surface area contributed by atoms with E-state index in [1.807, 2.05) is 12.2 Å². The summed E-state index contributed by atoms with van der Waals surface area (Å²) in [6.07, 6.45) is 93.7. The van der Waals surface area contributed by atoms with E-state index >= 15 is 0 Å². The second-order valence-electron chi connectivity index (χ2n) is 19.5. The van der Waals surface area contributed by atoms with Crippen LogP contribution in [0.5, 0.6) is 0 Å². The summed E-state index contributed by atoms with van der Waals surface area (Å²) < 4.78 is 16.8. The van der Waals surface area contributed by atoms with E-state index in [2.05, 4.69) is 179 Å². The molecule has 0 heterocycles. The molecule has 0 N–H and O–H groups in total. The average molecular weight is 1060 g/mol. The number of unbranched alkanes of at least 4 members (excludes halogenated alkanes) is 14. The van der Waals surface area contributed by atoms with Crippen LogP contribution in [0.15, 0.2) is 170 Å². The summed E-state index contributed by atoms with van der Waals surface area (Å²) in [4.78, 5) is 38.1. The van der Waals surface area contributed by atoms with Crippen molar-refractivity contribution in [2.45, 2.75) is 245 Å². The molecule has 1 atom stereocenters. The third-order valence-electron chi connectivity index (χ3n) is 12.2. The third-order valence-corrected chi connectivity index (χ3v) is 12.2. The van der Waals surface area contributed by atoms with E-state index in [4.69, 9.17) is 14.2 Å². The first-order valence-electron chi connectivity index (χ1n) is 30.6. The SMILES string of the molecule is CC/C=C\C/C=C\C/C=C\C/C=C\C/C=C\C/C=C\C/C=C\C/C=C\CCCCCCCCC(=O)OCC(COC(=O)CC/C=C\C/C=C\C/C=C\C/C=C\CC)OC(=O)CCCCCCC/C=C\C/C=C\CCCCC. The van der Waals surface area contributed by atoms with Gasteiger partial charge in [-0.05, 0) is 141 Å². The highest BCUT2D eigenvalue weighted by Gasteiger charge is 2.19. The van der Waals surface area contributed by atoms with Gasteiger partial charge in [0.15, 0.2) is 6.10 Å². The zero-order valence-corrected chi connectivity index (χ0v) is 49.1. The lowest BCUT2D eigenvalue weighted by atomic mass is 10.1. The zero-order chi connectivity index (χ0) is 55.7. The predicted molar refractivity (Wildman–Crippen MR) is 334 cm³/mol. The molecule has 0 aliphatic rings. The van der Waals surface area contributed by atoms with Gasteiger partial charge < -0.3 is 14.2 Å². The molecule has 0 rings (SSSR count). The van der Waals surface area contributed by atoms with Crippen molar-refractivity contribution in [3.05, 3.63) is 170 Å². The van der Waals surface area contributed by atoms with E-state index in [9.17, 15) is 14.4 Å². The Bertz CT molecular complexity index is 1790. The summed E-state index contributed by atoms with van der Waals surface area (Å²) in [5.74, 6) is -1.04. The van der Waals surface area contributed by atoms with Crippen LogP contribution in [-0.2, 0) is 28.6 Å². The number of carbonyl (C=O) groups excluding carboxylic acids is 3. The van der Waals surface area contributed by atoms with E-state index in [-0.39, 0.29) is 44.0 Å². The predicted octanol–water partition coefficient (Wildman–Crippen LogP) is 21.1. The van der Waals surface area contributed by atoms with Crippen molar-refractivity contribution in [2.75, 3.05) is 13.2 Å². The Balaban J connectivity index is 4.40. The largest absolute Gasteiger partial charge is 0.462 e. The van der Waals surface area contributed by atoms with Crippen molar-refractivity contribution < 1.29 is 28.6 Å². The molecule has 6 heteroatoms. The van der Waals surface area contributed by atoms with Crippen LogP contribution in [0.2, 0.25) is 0 Å². The van der Waals surface area contributed by atoms with Gasteiger partial charge in [-0.1, -0.05) is 249 Å². The molecule has 0 aliphatic heterocycles. The number of rotatable bonds is 53. The van der Waals surface area contributed by atoms with Crippen LogP contribution in [0.1, 0.15) is 239 Å². The molecule has 0 aromatic rings. The summed E-state index contributed by atoms with van der Waals surface area (Å²) in [5, 5.41) is 0. The topological polar surface area (TPSA) is 78.9 Å². The maximum atomic E-state index is 12.9. The molecule has 0 aromatic carbocycles. The standard InChI is InChI=1S/C71H110O6/c1-4-7-10-13-16-19-22-25-27-28-29-30-31-32-33-34-35-36-37-38-39-40-41-42-44-46-49-52-55-58-61-64-70(73)76-67-68(66-75-69(72)63-60-57-54-51-48-45-24-21-18-15-12-9-6-3)77-71(74)65-62-59-56-53-50-47-43-26-23-20-17-14-11-8-5-2/h7,9-10,12,16-21,25-27,29-30,32-33,35-36,38-39,41-43,45,48,54,57,68H,4-6,8,11,13-15,22-24,28,31,34,37,40,44,46-47,49-53,55-56,58-67H2,1-3H3/b10-7-,12-9-,19-16-,20-17-,21-18-,27-25-,30-29-,33-32-,36-35-,39-38-,42-41-,43-26-,48-45-,57-54-. The van der Waals surface area contributed by atoms with Crippen molar-refractivity contribution in [3.8, 4) is 0 Å². The first-order valence-corrected chi connectivity index (χ1v) is 30.6. The number of carbonyl (C=O) groups is 3. The molecule has 77 heavy (non-hydrogen) atoms. The third kappa shape index (κ3) is 61.5. The Hall–Kier alpha value is -5.23. The van der Waals surface area contributed by atoms with Gasteiger partial charge in [0, 0.05) is 19.3 Å². The van der Waals surface area contributed by atoms with E-state index in [0.29, 0.717) is 12.8 Å². The molecule has 0 saturated heterocycles. The first-order chi connectivity index (χ1) is 38.0. The average Bonchev–Trinajstić information content (AvgIpc) is 3.43. The lowest BCUT2D eigenvalue weighted by molar-refractivity contribution is -0.166. The summed E-state index contributed by atoms with van der Waals surface area (Å²) in [5.41, 5.74) is 0. The highest BCUT2D eigenvalue weighted by Crippen LogP contribution is 2.13. The van der Waals surface area contributed by atoms with Crippen molar-refractivity contribution in [1.82, 2.24) is 0 Å². The van der Waals surface area contributed by atoms with Crippen LogP contribution in [0.4, 0.5) is 0 Å². The highest BCUT2D eigenvalue weighted by atomic mass is 16.6. The van der Waals surface area contributed by atoms with E-state index in [1.165, 1.54) is 38.5 Å². The summed E-state index contributed by atoms with van der Waals surface area (Å²) in [6, 6.07) is 0. The van der Waals surface area contributed by atoms with Crippen LogP contribution in [-0.4, -0.2) is 37.2 Å². The number of hydrogen-bond acceptors (Lipinski definition) is 6. The molecule has 0 amide bonds. The van der Waals surface area contributed by atoms with E-state index in [0.717, 1.165) is 154 Å². The fourth-order valence-corrected chi connectivity index (χ4v) is 7.68. The van der Waals surface area contributed by atoms with Crippen molar-refractivity contribution in [3.63, 3.8) is 0 Å². The zero-order valence-electron chi connectivity index (χ0n) is 49.1. The summed E-state index contributed by atoms with van der Waals surface area (Å²) in [7, 11) is 0. The van der Waals surface area contributed by atoms with Crippen molar-refractivity contribution in [2.24, 2.45) is 0 Å². The van der Waals surface area contributed by atoms with Crippen LogP contribution < -0.4 is 0 Å². The molecule has 430 valence electrons. The van der Waals surface area contributed by atoms with Gasteiger partial charge in [-0.2, -0.15) is 0 Å². The molecule has 6 nitrogen and oxygen atoms in total. The second-order valence-corrected chi connectivity index (χ2v) is 19.5. The molecule has 0 fully saturated rings. The molecule has 0 radical (unpaired) electrons. The first kappa shape index (κ1) is 71.8. The van der Waals surface area contributed by atoms with E-state index < -0.39 is 6.10 Å². The lowest BCUT2D eigenvalue weighted by Gasteiger charge is -2.18. The molecular formula is C71H110O6. The van der Waals surface area contributed by atoms with Crippen molar-refractivity contribution >= 4 is 17.9 Å². The Kier molecular flexibility index (Phi) is 59.0. The Morgan fingerprint density at radius 2 is 0.532 bits per heavy atom. The highest BCUT2D eigenvalue weighted by molar-refractivity contribution is 5.71. The fourth-order valence-electron chi connectivity index (χ4n) is 7.68. The monoisotopic (exact) mass is 1060 g/mol. The molecule has 0 spiro atoms. The van der Waals surface area contributed by atoms with E-state index in [1.54, 1.807) is 0 Å². The Morgan fingerprint density at radius 1 is 0.273 bits per heavy atom. The van der Waals surface area contributed by atoms with Crippen LogP contribution >= 0.6 is 0 Å². The van der Waals surface area contributed by atoms with Gasteiger partial charge in [-0.15, -0.1) is 0 Å². The molecular weight excluding hydrogens is 949 g/mol. The molecule has 0 aliphatic carbocycles. The fraction of sp³-hybridized carbons (Fsp3) is 0.563. The smallest absolute Gasteiger partial charge is 0.306 e. The Labute approximate surface area is 472 Å². The van der Waals surface area contributed by atoms with Crippen LogP contribution in [0, 0.1) is 0 Å². The minimum absolute atomic E-state index is 0.121. The van der Waals surface area contributed by atoms with Gasteiger partial charge in [-0.3, -0.25) is 14.4 Å². The number of esters is 3. The minimum Gasteiger partial charge on any atom is -0.462 e. The molecule has 1 unspecified atom stereocenters. The van der Waals surface area contributed by atoms with Gasteiger partial charge in [0.05, 0.1) is 0 Å². The second kappa shape index (κ2) is 63.3. The minimum atomic E-state index is -0.829. The normalized spacial score (nSPS) is 13.3. The van der Waals surface area contributed by atoms with Gasteiger partial charge >= 0.3 is 17.9 Å². The molecule has 0 aromatic heterocycles. The maximum Gasteiger partial charge on any atom is 0.306 e. The lowest BCUT2D eigenvalue weighted by Crippen LogP contribution is -2.30. The van der Waals surface area contributed by atoms with Crippen molar-refractivity contribution in [1.29, 1.82) is 0 Å². The van der Waals surface area contributed by atoms with Gasteiger partial charge in [0.1, 0.15) is 13.2 Å². The summed E-state index contributed by atoms with van der Waals surface area (Å²) >= 11 is 0. The van der Waals surface area contributed by atoms with Crippen LogP contribution in [0.3, 0.4) is 0 Å². The van der Waals surface area contributed by atoms with Crippen LogP contribution in [0.25, 0.3) is 0 Å². The molecule has 0 bridgehead atoms.